The number of rotatable bonds is 10. The standard InChI is InChI=1S/C16H26N2O3/c1-4-8-18(10-9-17(2)3)11-12-21-15-7-5-6-14(13-15)16(19)20/h5-7,13H,4,8-12H2,1-3H3,(H,19,20). The van der Waals surface area contributed by atoms with Gasteiger partial charge in [-0.3, -0.25) is 4.90 Å². The topological polar surface area (TPSA) is 53.0 Å². The number of likely N-dealkylation sites (N-methyl/N-ethyl adjacent to an activating group) is 1. The fourth-order valence-electron chi connectivity index (χ4n) is 2.00. The second-order valence-electron chi connectivity index (χ2n) is 5.33. The fourth-order valence-corrected chi connectivity index (χ4v) is 2.00. The molecule has 0 radical (unpaired) electrons. The van der Waals surface area contributed by atoms with E-state index in [1.165, 1.54) is 0 Å². The lowest BCUT2D eigenvalue weighted by atomic mass is 10.2. The number of hydrogen-bond acceptors (Lipinski definition) is 4. The van der Waals surface area contributed by atoms with E-state index >= 15 is 0 Å². The molecule has 0 amide bonds. The van der Waals surface area contributed by atoms with Crippen molar-refractivity contribution in [3.63, 3.8) is 0 Å². The van der Waals surface area contributed by atoms with Crippen molar-refractivity contribution in [1.29, 1.82) is 0 Å². The molecule has 118 valence electrons. The molecule has 0 aliphatic carbocycles. The van der Waals surface area contributed by atoms with Crippen molar-refractivity contribution < 1.29 is 14.6 Å². The highest BCUT2D eigenvalue weighted by Gasteiger charge is 2.06. The summed E-state index contributed by atoms with van der Waals surface area (Å²) >= 11 is 0. The Hall–Kier alpha value is -1.59. The second kappa shape index (κ2) is 9.37. The first-order valence-corrected chi connectivity index (χ1v) is 7.36. The van der Waals surface area contributed by atoms with Crippen LogP contribution in [0.3, 0.4) is 0 Å². The van der Waals surface area contributed by atoms with Crippen LogP contribution < -0.4 is 4.74 Å². The first kappa shape index (κ1) is 17.5. The van der Waals surface area contributed by atoms with Gasteiger partial charge >= 0.3 is 5.97 Å². The van der Waals surface area contributed by atoms with Gasteiger partial charge in [0.05, 0.1) is 5.56 Å². The van der Waals surface area contributed by atoms with Gasteiger partial charge in [0.1, 0.15) is 12.4 Å². The third-order valence-electron chi connectivity index (χ3n) is 3.16. The van der Waals surface area contributed by atoms with Gasteiger partial charge in [0.15, 0.2) is 0 Å². The van der Waals surface area contributed by atoms with Crippen LogP contribution in [0.2, 0.25) is 0 Å². The lowest BCUT2D eigenvalue weighted by Gasteiger charge is -2.23. The highest BCUT2D eigenvalue weighted by Crippen LogP contribution is 2.13. The van der Waals surface area contributed by atoms with Gasteiger partial charge in [0, 0.05) is 19.6 Å². The smallest absolute Gasteiger partial charge is 0.335 e. The number of carbonyl (C=O) groups is 1. The van der Waals surface area contributed by atoms with E-state index in [1.54, 1.807) is 24.3 Å². The van der Waals surface area contributed by atoms with Gasteiger partial charge in [0.25, 0.3) is 0 Å². The molecule has 0 saturated carbocycles. The monoisotopic (exact) mass is 294 g/mol. The van der Waals surface area contributed by atoms with Crippen molar-refractivity contribution in [3.8, 4) is 5.75 Å². The Morgan fingerprint density at radius 2 is 1.95 bits per heavy atom. The molecule has 0 aromatic heterocycles. The molecule has 0 unspecified atom stereocenters. The molecule has 1 N–H and O–H groups in total. The molecule has 5 heteroatoms. The quantitative estimate of drug-likeness (QED) is 0.715. The van der Waals surface area contributed by atoms with Crippen molar-refractivity contribution >= 4 is 5.97 Å². The largest absolute Gasteiger partial charge is 0.492 e. The van der Waals surface area contributed by atoms with Crippen LogP contribution in [0.5, 0.6) is 5.75 Å². The van der Waals surface area contributed by atoms with E-state index in [0.29, 0.717) is 12.4 Å². The summed E-state index contributed by atoms with van der Waals surface area (Å²) in [7, 11) is 4.13. The molecule has 0 aliphatic heterocycles. The van der Waals surface area contributed by atoms with Gasteiger partial charge in [-0.15, -0.1) is 0 Å². The summed E-state index contributed by atoms with van der Waals surface area (Å²) in [5.74, 6) is -0.321. The highest BCUT2D eigenvalue weighted by atomic mass is 16.5. The Bertz CT molecular complexity index is 435. The number of ether oxygens (including phenoxy) is 1. The zero-order valence-electron chi connectivity index (χ0n) is 13.2. The third-order valence-corrected chi connectivity index (χ3v) is 3.16. The summed E-state index contributed by atoms with van der Waals surface area (Å²) in [6, 6.07) is 6.62. The van der Waals surface area contributed by atoms with Gasteiger partial charge in [-0.2, -0.15) is 0 Å². The Balaban J connectivity index is 2.42. The van der Waals surface area contributed by atoms with Crippen LogP contribution in [0.1, 0.15) is 23.7 Å². The maximum Gasteiger partial charge on any atom is 0.335 e. The van der Waals surface area contributed by atoms with Gasteiger partial charge < -0.3 is 14.7 Å². The lowest BCUT2D eigenvalue weighted by Crippen LogP contribution is -2.35. The average Bonchev–Trinajstić information content (AvgIpc) is 2.45. The van der Waals surface area contributed by atoms with Crippen molar-refractivity contribution in [2.75, 3.05) is 46.9 Å². The number of hydrogen-bond donors (Lipinski definition) is 1. The van der Waals surface area contributed by atoms with E-state index in [1.807, 2.05) is 0 Å². The van der Waals surface area contributed by atoms with Crippen LogP contribution >= 0.6 is 0 Å². The first-order valence-electron chi connectivity index (χ1n) is 7.36. The van der Waals surface area contributed by atoms with Crippen LogP contribution in [-0.4, -0.2) is 67.8 Å². The number of aromatic carboxylic acids is 1. The van der Waals surface area contributed by atoms with E-state index in [0.717, 1.165) is 32.6 Å². The molecule has 0 aliphatic rings. The van der Waals surface area contributed by atoms with Crippen molar-refractivity contribution in [2.24, 2.45) is 0 Å². The van der Waals surface area contributed by atoms with Gasteiger partial charge in [-0.05, 0) is 45.3 Å². The van der Waals surface area contributed by atoms with E-state index < -0.39 is 5.97 Å². The summed E-state index contributed by atoms with van der Waals surface area (Å²) in [6.07, 6.45) is 1.11. The molecule has 0 atom stereocenters. The number of carboxylic acid groups (broad SMARTS) is 1. The second-order valence-corrected chi connectivity index (χ2v) is 5.33. The van der Waals surface area contributed by atoms with Crippen molar-refractivity contribution in [1.82, 2.24) is 9.80 Å². The summed E-state index contributed by atoms with van der Waals surface area (Å²) in [5, 5.41) is 8.95. The predicted molar refractivity (Wildman–Crippen MR) is 84.2 cm³/mol. The zero-order valence-corrected chi connectivity index (χ0v) is 13.2. The van der Waals surface area contributed by atoms with Crippen LogP contribution in [0.25, 0.3) is 0 Å². The minimum atomic E-state index is -0.931. The molecule has 5 nitrogen and oxygen atoms in total. The predicted octanol–water partition coefficient (Wildman–Crippen LogP) is 2.04. The molecule has 0 spiro atoms. The van der Waals surface area contributed by atoms with E-state index in [2.05, 4.69) is 30.8 Å². The Labute approximate surface area is 127 Å². The van der Waals surface area contributed by atoms with Crippen LogP contribution in [0, 0.1) is 0 Å². The minimum Gasteiger partial charge on any atom is -0.492 e. The summed E-state index contributed by atoms with van der Waals surface area (Å²) in [6.45, 7) is 6.66. The van der Waals surface area contributed by atoms with Gasteiger partial charge in [0.2, 0.25) is 0 Å². The number of benzene rings is 1. The Morgan fingerprint density at radius 3 is 2.57 bits per heavy atom. The average molecular weight is 294 g/mol. The minimum absolute atomic E-state index is 0.255. The molecular formula is C16H26N2O3. The lowest BCUT2D eigenvalue weighted by molar-refractivity contribution is 0.0696. The van der Waals surface area contributed by atoms with Crippen molar-refractivity contribution in [2.45, 2.75) is 13.3 Å². The Morgan fingerprint density at radius 1 is 1.19 bits per heavy atom. The van der Waals surface area contributed by atoms with Gasteiger partial charge in [-0.25, -0.2) is 4.79 Å². The molecule has 0 heterocycles. The van der Waals surface area contributed by atoms with E-state index in [4.69, 9.17) is 9.84 Å². The molecule has 0 bridgehead atoms. The number of carboxylic acids is 1. The molecule has 21 heavy (non-hydrogen) atoms. The molecule has 0 fully saturated rings. The van der Waals surface area contributed by atoms with Crippen LogP contribution in [-0.2, 0) is 0 Å². The van der Waals surface area contributed by atoms with E-state index in [-0.39, 0.29) is 5.56 Å². The zero-order chi connectivity index (χ0) is 15.7. The fraction of sp³-hybridized carbons (Fsp3) is 0.562. The highest BCUT2D eigenvalue weighted by molar-refractivity contribution is 5.87. The molecule has 1 aromatic rings. The normalized spacial score (nSPS) is 11.1. The maximum atomic E-state index is 10.9. The first-order chi connectivity index (χ1) is 10.0. The molecule has 0 saturated heterocycles. The molecule has 1 aromatic carbocycles. The van der Waals surface area contributed by atoms with Crippen LogP contribution in [0.15, 0.2) is 24.3 Å². The summed E-state index contributed by atoms with van der Waals surface area (Å²) in [4.78, 5) is 15.4. The van der Waals surface area contributed by atoms with Crippen molar-refractivity contribution in [3.05, 3.63) is 29.8 Å². The molecule has 1 rings (SSSR count). The maximum absolute atomic E-state index is 10.9. The Kier molecular flexibility index (Phi) is 7.79. The third kappa shape index (κ3) is 7.11. The summed E-state index contributed by atoms with van der Waals surface area (Å²) < 4.78 is 5.66. The van der Waals surface area contributed by atoms with Crippen LogP contribution in [0.4, 0.5) is 0 Å². The summed E-state index contributed by atoms with van der Waals surface area (Å²) in [5.41, 5.74) is 0.255. The van der Waals surface area contributed by atoms with Gasteiger partial charge in [-0.1, -0.05) is 13.0 Å². The molecular weight excluding hydrogens is 268 g/mol. The number of nitrogens with zero attached hydrogens (tertiary/aromatic N) is 2. The van der Waals surface area contributed by atoms with E-state index in [9.17, 15) is 4.79 Å². The SMILES string of the molecule is CCCN(CCOc1cccc(C(=O)O)c1)CCN(C)C.